The summed E-state index contributed by atoms with van der Waals surface area (Å²) in [7, 11) is 0. The molecular weight excluding hydrogens is 228 g/mol. The minimum absolute atomic E-state index is 0.115. The van der Waals surface area contributed by atoms with Crippen LogP contribution in [0.1, 0.15) is 19.4 Å². The van der Waals surface area contributed by atoms with Crippen LogP contribution in [0.4, 0.5) is 0 Å². The SMILES string of the molecule is CCc1ccc(-c2ccc(=O)n(CC)n2)cc1O. The van der Waals surface area contributed by atoms with E-state index in [1.54, 1.807) is 12.1 Å². The maximum atomic E-state index is 11.5. The Morgan fingerprint density at radius 3 is 2.61 bits per heavy atom. The lowest BCUT2D eigenvalue weighted by atomic mass is 10.1. The van der Waals surface area contributed by atoms with Crippen LogP contribution in [0, 0.1) is 0 Å². The van der Waals surface area contributed by atoms with Crippen molar-refractivity contribution in [2.24, 2.45) is 0 Å². The summed E-state index contributed by atoms with van der Waals surface area (Å²) in [6.45, 7) is 4.39. The van der Waals surface area contributed by atoms with Gasteiger partial charge in [0.1, 0.15) is 5.75 Å². The highest BCUT2D eigenvalue weighted by Gasteiger charge is 2.05. The topological polar surface area (TPSA) is 55.1 Å². The number of aromatic nitrogens is 2. The molecule has 2 aromatic rings. The molecule has 0 radical (unpaired) electrons. The van der Waals surface area contributed by atoms with Crippen molar-refractivity contribution in [1.82, 2.24) is 9.78 Å². The monoisotopic (exact) mass is 244 g/mol. The lowest BCUT2D eigenvalue weighted by Gasteiger charge is -2.07. The third kappa shape index (κ3) is 2.27. The number of hydrogen-bond donors (Lipinski definition) is 1. The largest absolute Gasteiger partial charge is 0.508 e. The number of aryl methyl sites for hydroxylation is 2. The first kappa shape index (κ1) is 12.4. The average Bonchev–Trinajstić information content (AvgIpc) is 2.39. The van der Waals surface area contributed by atoms with Gasteiger partial charge in [-0.2, -0.15) is 5.10 Å². The maximum absolute atomic E-state index is 11.5. The Morgan fingerprint density at radius 2 is 2.00 bits per heavy atom. The van der Waals surface area contributed by atoms with E-state index in [1.807, 2.05) is 26.0 Å². The van der Waals surface area contributed by atoms with Crippen molar-refractivity contribution in [2.45, 2.75) is 26.8 Å². The molecular formula is C14H16N2O2. The molecule has 4 heteroatoms. The molecule has 94 valence electrons. The molecule has 0 amide bonds. The van der Waals surface area contributed by atoms with E-state index in [9.17, 15) is 9.90 Å². The molecule has 0 bridgehead atoms. The van der Waals surface area contributed by atoms with Gasteiger partial charge in [-0.15, -0.1) is 0 Å². The fraction of sp³-hybridized carbons (Fsp3) is 0.286. The molecule has 0 unspecified atom stereocenters. The first-order chi connectivity index (χ1) is 8.65. The molecule has 1 heterocycles. The van der Waals surface area contributed by atoms with Crippen LogP contribution < -0.4 is 5.56 Å². The standard InChI is InChI=1S/C14H16N2O2/c1-3-10-5-6-11(9-13(10)17)12-7-8-14(18)16(4-2)15-12/h5-9,17H,3-4H2,1-2H3. The predicted molar refractivity (Wildman–Crippen MR) is 70.6 cm³/mol. The first-order valence-corrected chi connectivity index (χ1v) is 6.06. The number of phenolic OH excluding ortho intramolecular Hbond substituents is 1. The number of hydrogen-bond acceptors (Lipinski definition) is 3. The number of aromatic hydroxyl groups is 1. The van der Waals surface area contributed by atoms with Gasteiger partial charge in [0.05, 0.1) is 5.69 Å². The Morgan fingerprint density at radius 1 is 1.22 bits per heavy atom. The molecule has 2 rings (SSSR count). The molecule has 0 aliphatic rings. The Balaban J connectivity index is 2.48. The highest BCUT2D eigenvalue weighted by atomic mass is 16.3. The van der Waals surface area contributed by atoms with Gasteiger partial charge in [0.15, 0.2) is 0 Å². The van der Waals surface area contributed by atoms with E-state index in [2.05, 4.69) is 5.10 Å². The van der Waals surface area contributed by atoms with Crippen molar-refractivity contribution in [3.05, 3.63) is 46.2 Å². The van der Waals surface area contributed by atoms with Crippen LogP contribution in [0.2, 0.25) is 0 Å². The third-order valence-corrected chi connectivity index (χ3v) is 2.93. The summed E-state index contributed by atoms with van der Waals surface area (Å²) in [5, 5.41) is 14.1. The summed E-state index contributed by atoms with van der Waals surface area (Å²) in [6.07, 6.45) is 0.786. The van der Waals surface area contributed by atoms with Gasteiger partial charge in [0.25, 0.3) is 5.56 Å². The second-order valence-electron chi connectivity index (χ2n) is 4.07. The number of rotatable bonds is 3. The van der Waals surface area contributed by atoms with E-state index in [0.29, 0.717) is 12.2 Å². The summed E-state index contributed by atoms with van der Waals surface area (Å²) >= 11 is 0. The van der Waals surface area contributed by atoms with Crippen LogP contribution in [-0.4, -0.2) is 14.9 Å². The molecule has 1 N–H and O–H groups in total. The number of benzene rings is 1. The van der Waals surface area contributed by atoms with Crippen LogP contribution in [-0.2, 0) is 13.0 Å². The maximum Gasteiger partial charge on any atom is 0.266 e. The third-order valence-electron chi connectivity index (χ3n) is 2.93. The van der Waals surface area contributed by atoms with Gasteiger partial charge in [-0.1, -0.05) is 19.1 Å². The highest BCUT2D eigenvalue weighted by Crippen LogP contribution is 2.24. The Bertz CT molecular complexity index is 617. The number of phenols is 1. The molecule has 1 aromatic carbocycles. The second-order valence-corrected chi connectivity index (χ2v) is 4.07. The van der Waals surface area contributed by atoms with Crippen LogP contribution in [0.5, 0.6) is 5.75 Å². The fourth-order valence-electron chi connectivity index (χ4n) is 1.85. The lowest BCUT2D eigenvalue weighted by molar-refractivity contribution is 0.469. The van der Waals surface area contributed by atoms with Crippen LogP contribution in [0.3, 0.4) is 0 Å². The molecule has 0 fully saturated rings. The van der Waals surface area contributed by atoms with E-state index < -0.39 is 0 Å². The van der Waals surface area contributed by atoms with Gasteiger partial charge in [0.2, 0.25) is 0 Å². The van der Waals surface area contributed by atoms with Crippen LogP contribution in [0.15, 0.2) is 35.1 Å². The molecule has 0 saturated carbocycles. The Kier molecular flexibility index (Phi) is 3.46. The van der Waals surface area contributed by atoms with Crippen molar-refractivity contribution in [3.8, 4) is 17.0 Å². The fourth-order valence-corrected chi connectivity index (χ4v) is 1.85. The van der Waals surface area contributed by atoms with Crippen molar-refractivity contribution >= 4 is 0 Å². The second kappa shape index (κ2) is 5.04. The number of nitrogens with zero attached hydrogens (tertiary/aromatic N) is 2. The quantitative estimate of drug-likeness (QED) is 0.900. The van der Waals surface area contributed by atoms with Gasteiger partial charge in [-0.05, 0) is 31.0 Å². The molecule has 0 spiro atoms. The van der Waals surface area contributed by atoms with E-state index in [1.165, 1.54) is 10.7 Å². The van der Waals surface area contributed by atoms with E-state index in [-0.39, 0.29) is 11.3 Å². The van der Waals surface area contributed by atoms with Gasteiger partial charge >= 0.3 is 0 Å². The highest BCUT2D eigenvalue weighted by molar-refractivity contribution is 5.61. The zero-order valence-electron chi connectivity index (χ0n) is 10.6. The average molecular weight is 244 g/mol. The minimum atomic E-state index is -0.115. The lowest BCUT2D eigenvalue weighted by Crippen LogP contribution is -2.20. The van der Waals surface area contributed by atoms with Crippen LogP contribution >= 0.6 is 0 Å². The Labute approximate surface area is 106 Å². The molecule has 0 atom stereocenters. The van der Waals surface area contributed by atoms with E-state index in [0.717, 1.165) is 17.5 Å². The zero-order valence-corrected chi connectivity index (χ0v) is 10.6. The molecule has 0 aliphatic carbocycles. The summed E-state index contributed by atoms with van der Waals surface area (Å²) in [5.74, 6) is 0.269. The summed E-state index contributed by atoms with van der Waals surface area (Å²) < 4.78 is 1.40. The van der Waals surface area contributed by atoms with Gasteiger partial charge in [0, 0.05) is 18.2 Å². The molecule has 4 nitrogen and oxygen atoms in total. The predicted octanol–water partition coefficient (Wildman–Crippen LogP) is 2.20. The zero-order chi connectivity index (χ0) is 13.1. The minimum Gasteiger partial charge on any atom is -0.508 e. The molecule has 18 heavy (non-hydrogen) atoms. The van der Waals surface area contributed by atoms with Gasteiger partial charge < -0.3 is 5.11 Å². The van der Waals surface area contributed by atoms with Gasteiger partial charge in [-0.3, -0.25) is 4.79 Å². The summed E-state index contributed by atoms with van der Waals surface area (Å²) in [5.41, 5.74) is 2.29. The van der Waals surface area contributed by atoms with Crippen LogP contribution in [0.25, 0.3) is 11.3 Å². The van der Waals surface area contributed by atoms with Crippen molar-refractivity contribution < 1.29 is 5.11 Å². The molecule has 1 aromatic heterocycles. The summed E-state index contributed by atoms with van der Waals surface area (Å²) in [4.78, 5) is 11.5. The van der Waals surface area contributed by atoms with E-state index in [4.69, 9.17) is 0 Å². The van der Waals surface area contributed by atoms with Crippen molar-refractivity contribution in [1.29, 1.82) is 0 Å². The van der Waals surface area contributed by atoms with Crippen molar-refractivity contribution in [2.75, 3.05) is 0 Å². The molecule has 0 aliphatic heterocycles. The first-order valence-electron chi connectivity index (χ1n) is 6.06. The smallest absolute Gasteiger partial charge is 0.266 e. The van der Waals surface area contributed by atoms with Crippen molar-refractivity contribution in [3.63, 3.8) is 0 Å². The normalized spacial score (nSPS) is 10.6. The van der Waals surface area contributed by atoms with E-state index >= 15 is 0 Å². The molecule has 0 saturated heterocycles. The van der Waals surface area contributed by atoms with Gasteiger partial charge in [-0.25, -0.2) is 4.68 Å². The Hall–Kier alpha value is -2.10. The summed E-state index contributed by atoms with van der Waals surface area (Å²) in [6, 6.07) is 8.65.